The van der Waals surface area contributed by atoms with Gasteiger partial charge in [-0.1, -0.05) is 37.3 Å². The van der Waals surface area contributed by atoms with Crippen LogP contribution in [0.25, 0.3) is 0 Å². The third kappa shape index (κ3) is 3.11. The van der Waals surface area contributed by atoms with Crippen LogP contribution in [0.5, 0.6) is 0 Å². The summed E-state index contributed by atoms with van der Waals surface area (Å²) in [6, 6.07) is 16.5. The summed E-state index contributed by atoms with van der Waals surface area (Å²) >= 11 is 0. The molecule has 0 unspecified atom stereocenters. The molecule has 0 spiro atoms. The predicted octanol–water partition coefficient (Wildman–Crippen LogP) is 3.23. The average molecular weight is 309 g/mol. The van der Waals surface area contributed by atoms with Gasteiger partial charge in [0.15, 0.2) is 0 Å². The van der Waals surface area contributed by atoms with Crippen molar-refractivity contribution in [2.75, 3.05) is 0 Å². The van der Waals surface area contributed by atoms with Crippen LogP contribution in [0.2, 0.25) is 0 Å². The van der Waals surface area contributed by atoms with Gasteiger partial charge in [0.25, 0.3) is 5.91 Å². The molecule has 0 bridgehead atoms. The Balaban J connectivity index is 1.59. The van der Waals surface area contributed by atoms with Gasteiger partial charge in [-0.25, -0.2) is 4.79 Å². The first kappa shape index (κ1) is 15.3. The van der Waals surface area contributed by atoms with Crippen molar-refractivity contribution < 1.29 is 14.7 Å². The third-order valence-electron chi connectivity index (χ3n) is 4.59. The zero-order valence-electron chi connectivity index (χ0n) is 13.0. The maximum atomic E-state index is 12.2. The van der Waals surface area contributed by atoms with E-state index in [1.165, 1.54) is 17.7 Å². The topological polar surface area (TPSA) is 66.4 Å². The van der Waals surface area contributed by atoms with Gasteiger partial charge in [-0.3, -0.25) is 4.79 Å². The first-order valence-corrected chi connectivity index (χ1v) is 7.68. The minimum absolute atomic E-state index is 0.117. The first-order chi connectivity index (χ1) is 11.0. The van der Waals surface area contributed by atoms with E-state index in [2.05, 4.69) is 24.4 Å². The molecule has 1 aliphatic rings. The molecule has 23 heavy (non-hydrogen) atoms. The Labute approximate surface area is 135 Å². The number of carboxylic acids is 1. The zero-order chi connectivity index (χ0) is 16.4. The average Bonchev–Trinajstić information content (AvgIpc) is 2.54. The van der Waals surface area contributed by atoms with Crippen LogP contribution in [0.1, 0.15) is 46.0 Å². The molecule has 1 aliphatic carbocycles. The van der Waals surface area contributed by atoms with Crippen LogP contribution in [0.4, 0.5) is 0 Å². The fraction of sp³-hybridized carbons (Fsp3) is 0.263. The molecule has 0 aromatic heterocycles. The minimum atomic E-state index is -0.991. The molecular formula is C19H19NO3. The van der Waals surface area contributed by atoms with E-state index in [0.29, 0.717) is 5.56 Å². The summed E-state index contributed by atoms with van der Waals surface area (Å²) in [5, 5.41) is 11.9. The fourth-order valence-corrected chi connectivity index (χ4v) is 3.24. The van der Waals surface area contributed by atoms with Crippen molar-refractivity contribution in [1.29, 1.82) is 0 Å². The summed E-state index contributed by atoms with van der Waals surface area (Å²) in [5.41, 5.74) is 2.09. The quantitative estimate of drug-likeness (QED) is 0.911. The number of aromatic carboxylic acids is 1. The van der Waals surface area contributed by atoms with E-state index in [1.54, 1.807) is 12.1 Å². The minimum Gasteiger partial charge on any atom is -0.478 e. The Bertz CT molecular complexity index is 716. The molecule has 0 saturated heterocycles. The van der Waals surface area contributed by atoms with Gasteiger partial charge in [0.2, 0.25) is 0 Å². The Morgan fingerprint density at radius 1 is 1.00 bits per heavy atom. The Hall–Kier alpha value is -2.62. The van der Waals surface area contributed by atoms with Crippen molar-refractivity contribution in [2.24, 2.45) is 0 Å². The molecule has 0 heterocycles. The molecule has 0 radical (unpaired) electrons. The highest BCUT2D eigenvalue weighted by atomic mass is 16.4. The Morgan fingerprint density at radius 3 is 2.13 bits per heavy atom. The standard InChI is InChI=1S/C19H19NO3/c1-19(15-5-3-2-4-6-15)11-16(12-19)20-17(21)13-7-9-14(10-8-13)18(22)23/h2-10,16H,11-12H2,1H3,(H,20,21)(H,22,23). The number of nitrogens with one attached hydrogen (secondary N) is 1. The normalized spacial score (nSPS) is 22.9. The summed E-state index contributed by atoms with van der Waals surface area (Å²) in [6.45, 7) is 2.21. The lowest BCUT2D eigenvalue weighted by atomic mass is 9.63. The first-order valence-electron chi connectivity index (χ1n) is 7.68. The molecule has 1 fully saturated rings. The smallest absolute Gasteiger partial charge is 0.335 e. The monoisotopic (exact) mass is 309 g/mol. The number of carboxylic acid groups (broad SMARTS) is 1. The van der Waals surface area contributed by atoms with Gasteiger partial charge >= 0.3 is 5.97 Å². The van der Waals surface area contributed by atoms with E-state index in [0.717, 1.165) is 12.8 Å². The van der Waals surface area contributed by atoms with Gasteiger partial charge in [0.05, 0.1) is 5.56 Å². The van der Waals surface area contributed by atoms with Crippen LogP contribution in [0.15, 0.2) is 54.6 Å². The lowest BCUT2D eigenvalue weighted by molar-refractivity contribution is 0.0695. The zero-order valence-corrected chi connectivity index (χ0v) is 13.0. The summed E-state index contributed by atoms with van der Waals surface area (Å²) in [5.74, 6) is -1.14. The molecule has 0 atom stereocenters. The molecule has 4 nitrogen and oxygen atoms in total. The number of hydrogen-bond donors (Lipinski definition) is 2. The van der Waals surface area contributed by atoms with Crippen molar-refractivity contribution in [3.05, 3.63) is 71.3 Å². The van der Waals surface area contributed by atoms with Gasteiger partial charge in [-0.05, 0) is 48.1 Å². The van der Waals surface area contributed by atoms with E-state index in [-0.39, 0.29) is 22.9 Å². The van der Waals surface area contributed by atoms with Crippen molar-refractivity contribution in [3.8, 4) is 0 Å². The second-order valence-corrected chi connectivity index (χ2v) is 6.39. The van der Waals surface area contributed by atoms with Crippen LogP contribution < -0.4 is 5.32 Å². The van der Waals surface area contributed by atoms with Crippen LogP contribution in [0, 0.1) is 0 Å². The number of rotatable bonds is 4. The van der Waals surface area contributed by atoms with Gasteiger partial charge in [0.1, 0.15) is 0 Å². The molecule has 2 N–H and O–H groups in total. The highest BCUT2D eigenvalue weighted by molar-refractivity contribution is 5.96. The summed E-state index contributed by atoms with van der Waals surface area (Å²) in [6.07, 6.45) is 1.83. The largest absolute Gasteiger partial charge is 0.478 e. The maximum absolute atomic E-state index is 12.2. The van der Waals surface area contributed by atoms with Crippen molar-refractivity contribution in [2.45, 2.75) is 31.2 Å². The Morgan fingerprint density at radius 2 is 1.57 bits per heavy atom. The molecule has 1 saturated carbocycles. The van der Waals surface area contributed by atoms with Gasteiger partial charge in [-0.2, -0.15) is 0 Å². The molecule has 118 valence electrons. The van der Waals surface area contributed by atoms with Gasteiger partial charge in [-0.15, -0.1) is 0 Å². The molecule has 0 aliphatic heterocycles. The second-order valence-electron chi connectivity index (χ2n) is 6.39. The van der Waals surface area contributed by atoms with E-state index in [9.17, 15) is 9.59 Å². The van der Waals surface area contributed by atoms with Gasteiger partial charge in [0, 0.05) is 11.6 Å². The van der Waals surface area contributed by atoms with Crippen molar-refractivity contribution in [1.82, 2.24) is 5.32 Å². The lowest BCUT2D eigenvalue weighted by Gasteiger charge is -2.46. The predicted molar refractivity (Wildman–Crippen MR) is 87.7 cm³/mol. The van der Waals surface area contributed by atoms with Crippen LogP contribution >= 0.6 is 0 Å². The van der Waals surface area contributed by atoms with Crippen LogP contribution in [-0.2, 0) is 5.41 Å². The van der Waals surface area contributed by atoms with Crippen LogP contribution in [0.3, 0.4) is 0 Å². The number of amides is 1. The molecule has 3 rings (SSSR count). The molecule has 4 heteroatoms. The fourth-order valence-electron chi connectivity index (χ4n) is 3.24. The van der Waals surface area contributed by atoms with E-state index >= 15 is 0 Å². The van der Waals surface area contributed by atoms with E-state index in [4.69, 9.17) is 5.11 Å². The third-order valence-corrected chi connectivity index (χ3v) is 4.59. The molecule has 2 aromatic carbocycles. The lowest BCUT2D eigenvalue weighted by Crippen LogP contribution is -2.51. The number of benzene rings is 2. The number of carbonyl (C=O) groups is 2. The Kier molecular flexibility index (Phi) is 3.90. The summed E-state index contributed by atoms with van der Waals surface area (Å²) in [4.78, 5) is 23.0. The molecular weight excluding hydrogens is 290 g/mol. The van der Waals surface area contributed by atoms with Gasteiger partial charge < -0.3 is 10.4 Å². The highest BCUT2D eigenvalue weighted by Gasteiger charge is 2.42. The van der Waals surface area contributed by atoms with E-state index < -0.39 is 5.97 Å². The van der Waals surface area contributed by atoms with Crippen molar-refractivity contribution >= 4 is 11.9 Å². The number of hydrogen-bond acceptors (Lipinski definition) is 2. The van der Waals surface area contributed by atoms with Crippen LogP contribution in [-0.4, -0.2) is 23.0 Å². The van der Waals surface area contributed by atoms with E-state index in [1.807, 2.05) is 18.2 Å². The maximum Gasteiger partial charge on any atom is 0.335 e. The van der Waals surface area contributed by atoms with Crippen molar-refractivity contribution in [3.63, 3.8) is 0 Å². The molecule has 1 amide bonds. The summed E-state index contributed by atoms with van der Waals surface area (Å²) in [7, 11) is 0. The molecule has 2 aromatic rings. The second kappa shape index (κ2) is 5.88. The highest BCUT2D eigenvalue weighted by Crippen LogP contribution is 2.43. The number of carbonyl (C=O) groups excluding carboxylic acids is 1. The SMILES string of the molecule is CC1(c2ccccc2)CC(NC(=O)c2ccc(C(=O)O)cc2)C1. The summed E-state index contributed by atoms with van der Waals surface area (Å²) < 4.78 is 0.